The van der Waals surface area contributed by atoms with Crippen molar-refractivity contribution >= 4 is 43.2 Å². The van der Waals surface area contributed by atoms with Crippen LogP contribution >= 0.6 is 43.2 Å². The Morgan fingerprint density at radius 3 is 2.44 bits per heavy atom. The van der Waals surface area contributed by atoms with Crippen molar-refractivity contribution < 1.29 is 13.9 Å². The zero-order valence-corrected chi connectivity index (χ0v) is 12.9. The zero-order valence-electron chi connectivity index (χ0n) is 8.96. The van der Waals surface area contributed by atoms with Gasteiger partial charge in [0, 0.05) is 15.8 Å². The number of hydrogen-bond donors (Lipinski definition) is 1. The Morgan fingerprint density at radius 2 is 1.89 bits per heavy atom. The molecule has 1 N–H and O–H groups in total. The summed E-state index contributed by atoms with van der Waals surface area (Å²) in [4.78, 5) is 0.762. The van der Waals surface area contributed by atoms with Crippen LogP contribution in [0, 0.1) is 11.6 Å². The van der Waals surface area contributed by atoms with E-state index in [1.54, 1.807) is 6.07 Å². The lowest BCUT2D eigenvalue weighted by Crippen LogP contribution is -2.00. The maximum absolute atomic E-state index is 13.0. The largest absolute Gasteiger partial charge is 0.387 e. The summed E-state index contributed by atoms with van der Waals surface area (Å²) in [6.45, 7) is 0. The molecule has 6 heteroatoms. The summed E-state index contributed by atoms with van der Waals surface area (Å²) in [6, 6.07) is 5.45. The average Bonchev–Trinajstić information content (AvgIpc) is 2.65. The lowest BCUT2D eigenvalue weighted by molar-refractivity contribution is 0.182. The highest BCUT2D eigenvalue weighted by molar-refractivity contribution is 9.13. The average molecular weight is 398 g/mol. The fourth-order valence-corrected chi connectivity index (χ4v) is 3.59. The van der Waals surface area contributed by atoms with Crippen molar-refractivity contribution in [3.63, 3.8) is 0 Å². The van der Waals surface area contributed by atoms with Crippen LogP contribution in [0.25, 0.3) is 0 Å². The molecule has 1 nitrogen and oxygen atoms in total. The summed E-state index contributed by atoms with van der Waals surface area (Å²) in [5, 5.41) is 10.0. The van der Waals surface area contributed by atoms with E-state index in [9.17, 15) is 13.9 Å². The van der Waals surface area contributed by atoms with E-state index in [2.05, 4.69) is 31.9 Å². The van der Waals surface area contributed by atoms with Crippen LogP contribution in [0.5, 0.6) is 0 Å². The molecule has 0 saturated heterocycles. The molecule has 18 heavy (non-hydrogen) atoms. The molecule has 1 atom stereocenters. The molecule has 1 aromatic heterocycles. The zero-order chi connectivity index (χ0) is 13.3. The number of benzene rings is 1. The third-order valence-corrected chi connectivity index (χ3v) is 5.76. The molecule has 0 radical (unpaired) electrons. The number of hydrogen-bond acceptors (Lipinski definition) is 2. The number of aliphatic hydroxyl groups is 1. The molecule has 0 saturated carbocycles. The predicted octanol–water partition coefficient (Wildman–Crippen LogP) is 4.83. The quantitative estimate of drug-likeness (QED) is 0.786. The van der Waals surface area contributed by atoms with Crippen molar-refractivity contribution in [2.75, 3.05) is 0 Å². The number of aliphatic hydroxyl groups excluding tert-OH is 1. The molecule has 0 aliphatic carbocycles. The monoisotopic (exact) mass is 396 g/mol. The lowest BCUT2D eigenvalue weighted by Gasteiger charge is -2.08. The van der Waals surface area contributed by atoms with Crippen LogP contribution in [0.3, 0.4) is 0 Å². The fraction of sp³-hybridized carbons (Fsp3) is 0.167. The molecule has 0 amide bonds. The topological polar surface area (TPSA) is 20.2 Å². The van der Waals surface area contributed by atoms with Gasteiger partial charge in [-0.2, -0.15) is 0 Å². The molecular weight excluding hydrogens is 390 g/mol. The summed E-state index contributed by atoms with van der Waals surface area (Å²) in [7, 11) is 0. The highest BCUT2D eigenvalue weighted by Crippen LogP contribution is 2.36. The van der Waals surface area contributed by atoms with Crippen molar-refractivity contribution in [1.29, 1.82) is 0 Å². The maximum Gasteiger partial charge on any atom is 0.159 e. The van der Waals surface area contributed by atoms with Gasteiger partial charge in [0.05, 0.1) is 9.89 Å². The molecule has 0 fully saturated rings. The van der Waals surface area contributed by atoms with E-state index in [-0.39, 0.29) is 6.42 Å². The minimum Gasteiger partial charge on any atom is -0.387 e. The Balaban J connectivity index is 2.15. The van der Waals surface area contributed by atoms with E-state index in [0.717, 1.165) is 25.3 Å². The van der Waals surface area contributed by atoms with Crippen molar-refractivity contribution in [3.05, 3.63) is 54.6 Å². The summed E-state index contributed by atoms with van der Waals surface area (Å²) in [5.41, 5.74) is 0.557. The van der Waals surface area contributed by atoms with E-state index >= 15 is 0 Å². The standard InChI is InChI=1S/C12H8Br2F2OS/c13-7-5-11(18-12(7)14)10(17)4-6-1-2-8(15)9(16)3-6/h1-3,5,10,17H,4H2. The summed E-state index contributed by atoms with van der Waals surface area (Å²) in [5.74, 6) is -1.77. The SMILES string of the molecule is OC(Cc1ccc(F)c(F)c1)c1cc(Br)c(Br)s1. The second-order valence-corrected chi connectivity index (χ2v) is 6.99. The molecule has 0 aliphatic heterocycles. The molecule has 0 aliphatic rings. The van der Waals surface area contributed by atoms with Gasteiger partial charge in [-0.05, 0) is 55.6 Å². The molecule has 96 valence electrons. The van der Waals surface area contributed by atoms with Gasteiger partial charge >= 0.3 is 0 Å². The van der Waals surface area contributed by atoms with Gasteiger partial charge in [-0.3, -0.25) is 0 Å². The van der Waals surface area contributed by atoms with Crippen LogP contribution in [0.4, 0.5) is 8.78 Å². The first-order valence-corrected chi connectivity index (χ1v) is 7.44. The van der Waals surface area contributed by atoms with Gasteiger partial charge in [-0.1, -0.05) is 6.07 Å². The summed E-state index contributed by atoms with van der Waals surface area (Å²) >= 11 is 8.08. The van der Waals surface area contributed by atoms with Gasteiger partial charge in [0.1, 0.15) is 0 Å². The third-order valence-electron chi connectivity index (χ3n) is 2.41. The normalized spacial score (nSPS) is 12.7. The van der Waals surface area contributed by atoms with E-state index in [1.165, 1.54) is 17.4 Å². The van der Waals surface area contributed by atoms with E-state index in [1.807, 2.05) is 0 Å². The fourth-order valence-electron chi connectivity index (χ4n) is 1.52. The van der Waals surface area contributed by atoms with Gasteiger partial charge in [0.25, 0.3) is 0 Å². The van der Waals surface area contributed by atoms with Crippen LogP contribution in [0.2, 0.25) is 0 Å². The van der Waals surface area contributed by atoms with Gasteiger partial charge in [0.15, 0.2) is 11.6 Å². The maximum atomic E-state index is 13.0. The van der Waals surface area contributed by atoms with Crippen LogP contribution in [-0.2, 0) is 6.42 Å². The van der Waals surface area contributed by atoms with Gasteiger partial charge in [-0.25, -0.2) is 8.78 Å². The van der Waals surface area contributed by atoms with Crippen molar-refractivity contribution in [1.82, 2.24) is 0 Å². The Hall–Kier alpha value is -0.300. The van der Waals surface area contributed by atoms with Gasteiger partial charge < -0.3 is 5.11 Å². The van der Waals surface area contributed by atoms with Crippen LogP contribution in [0.1, 0.15) is 16.5 Å². The Bertz CT molecular complexity index is 552. The number of rotatable bonds is 3. The van der Waals surface area contributed by atoms with E-state index in [4.69, 9.17) is 0 Å². The van der Waals surface area contributed by atoms with Crippen LogP contribution in [0.15, 0.2) is 32.5 Å². The Morgan fingerprint density at radius 1 is 1.17 bits per heavy atom. The number of thiophene rings is 1. The number of halogens is 4. The molecule has 1 aromatic carbocycles. The van der Waals surface area contributed by atoms with Crippen LogP contribution in [-0.4, -0.2) is 5.11 Å². The second kappa shape index (κ2) is 5.77. The highest BCUT2D eigenvalue weighted by atomic mass is 79.9. The van der Waals surface area contributed by atoms with E-state index in [0.29, 0.717) is 5.56 Å². The van der Waals surface area contributed by atoms with Crippen molar-refractivity contribution in [2.45, 2.75) is 12.5 Å². The molecule has 2 rings (SSSR count). The minimum atomic E-state index is -0.895. The molecule has 1 heterocycles. The third kappa shape index (κ3) is 3.17. The van der Waals surface area contributed by atoms with E-state index < -0.39 is 17.7 Å². The molecule has 0 bridgehead atoms. The first-order valence-electron chi connectivity index (χ1n) is 5.04. The highest BCUT2D eigenvalue weighted by Gasteiger charge is 2.14. The second-order valence-electron chi connectivity index (χ2n) is 3.74. The van der Waals surface area contributed by atoms with Crippen molar-refractivity contribution in [2.24, 2.45) is 0 Å². The first-order chi connectivity index (χ1) is 8.47. The Kier molecular flexibility index (Phi) is 4.53. The lowest BCUT2D eigenvalue weighted by atomic mass is 10.1. The summed E-state index contributed by atoms with van der Waals surface area (Å²) < 4.78 is 27.6. The molecule has 0 spiro atoms. The van der Waals surface area contributed by atoms with Crippen LogP contribution < -0.4 is 0 Å². The van der Waals surface area contributed by atoms with Gasteiger partial charge in [-0.15, -0.1) is 11.3 Å². The Labute approximate surface area is 124 Å². The molecular formula is C12H8Br2F2OS. The van der Waals surface area contributed by atoms with Gasteiger partial charge in [0.2, 0.25) is 0 Å². The molecule has 1 unspecified atom stereocenters. The smallest absolute Gasteiger partial charge is 0.159 e. The first kappa shape index (κ1) is 14.1. The van der Waals surface area contributed by atoms with Crippen molar-refractivity contribution in [3.8, 4) is 0 Å². The minimum absolute atomic E-state index is 0.247. The predicted molar refractivity (Wildman–Crippen MR) is 74.7 cm³/mol. The summed E-state index contributed by atoms with van der Waals surface area (Å²) in [6.07, 6.45) is -0.487. The molecule has 2 aromatic rings.